The Bertz CT molecular complexity index is 670. The highest BCUT2D eigenvalue weighted by Gasteiger charge is 2.28. The fourth-order valence-corrected chi connectivity index (χ4v) is 4.36. The van der Waals surface area contributed by atoms with E-state index in [4.69, 9.17) is 4.74 Å². The van der Waals surface area contributed by atoms with Gasteiger partial charge < -0.3 is 14.5 Å². The summed E-state index contributed by atoms with van der Waals surface area (Å²) < 4.78 is 5.41. The van der Waals surface area contributed by atoms with Gasteiger partial charge in [0.2, 0.25) is 11.8 Å². The molecule has 3 fully saturated rings. The highest BCUT2D eigenvalue weighted by molar-refractivity contribution is 5.95. The van der Waals surface area contributed by atoms with Crippen LogP contribution in [0, 0.1) is 5.92 Å². The fraction of sp³-hybridized carbons (Fsp3) is 0.619. The van der Waals surface area contributed by atoms with Gasteiger partial charge >= 0.3 is 0 Å². The van der Waals surface area contributed by atoms with Crippen LogP contribution in [-0.2, 0) is 20.7 Å². The van der Waals surface area contributed by atoms with Gasteiger partial charge in [-0.05, 0) is 36.5 Å². The number of likely N-dealkylation sites (tertiary alicyclic amines) is 1. The van der Waals surface area contributed by atoms with Crippen molar-refractivity contribution in [1.82, 2.24) is 9.80 Å². The molecule has 0 radical (unpaired) electrons. The molecule has 3 aliphatic rings. The van der Waals surface area contributed by atoms with Crippen molar-refractivity contribution < 1.29 is 14.3 Å². The summed E-state index contributed by atoms with van der Waals surface area (Å²) in [5, 5.41) is 0. The minimum atomic E-state index is 0.196. The highest BCUT2D eigenvalue weighted by atomic mass is 16.5. The van der Waals surface area contributed by atoms with Crippen molar-refractivity contribution in [3.63, 3.8) is 0 Å². The van der Waals surface area contributed by atoms with Crippen LogP contribution in [-0.4, -0.2) is 74.1 Å². The Morgan fingerprint density at radius 3 is 2.56 bits per heavy atom. The van der Waals surface area contributed by atoms with E-state index in [2.05, 4.69) is 4.90 Å². The van der Waals surface area contributed by atoms with E-state index in [1.165, 1.54) is 0 Å². The predicted molar refractivity (Wildman–Crippen MR) is 104 cm³/mol. The molecule has 2 amide bonds. The van der Waals surface area contributed by atoms with Crippen LogP contribution in [0.15, 0.2) is 24.3 Å². The van der Waals surface area contributed by atoms with E-state index < -0.39 is 0 Å². The number of rotatable bonds is 5. The number of ether oxygens (including phenoxy) is 1. The maximum absolute atomic E-state index is 12.7. The molecule has 1 atom stereocenters. The van der Waals surface area contributed by atoms with Crippen molar-refractivity contribution in [3.8, 4) is 0 Å². The van der Waals surface area contributed by atoms with Crippen molar-refractivity contribution >= 4 is 17.5 Å². The largest absolute Gasteiger partial charge is 0.379 e. The number of benzene rings is 1. The molecule has 4 rings (SSSR count). The van der Waals surface area contributed by atoms with Crippen LogP contribution in [0.1, 0.15) is 24.8 Å². The summed E-state index contributed by atoms with van der Waals surface area (Å²) in [5.74, 6) is 0.988. The smallest absolute Gasteiger partial charge is 0.227 e. The average Bonchev–Trinajstić information content (AvgIpc) is 3.32. The monoisotopic (exact) mass is 371 g/mol. The summed E-state index contributed by atoms with van der Waals surface area (Å²) in [4.78, 5) is 30.8. The third-order valence-corrected chi connectivity index (χ3v) is 5.94. The quantitative estimate of drug-likeness (QED) is 0.788. The summed E-state index contributed by atoms with van der Waals surface area (Å²) in [7, 11) is 0. The third kappa shape index (κ3) is 4.50. The van der Waals surface area contributed by atoms with Crippen LogP contribution in [0.5, 0.6) is 0 Å². The number of hydrogen-bond donors (Lipinski definition) is 0. The molecule has 0 aromatic heterocycles. The van der Waals surface area contributed by atoms with Gasteiger partial charge in [-0.2, -0.15) is 0 Å². The lowest BCUT2D eigenvalue weighted by molar-refractivity contribution is -0.129. The molecule has 0 unspecified atom stereocenters. The molecule has 3 saturated heterocycles. The SMILES string of the molecule is O=C(Cc1ccc(N2CCCC2=O)cc1)N1CC[C@@H](CN2CCOCC2)C1. The number of carbonyl (C=O) groups is 2. The Labute approximate surface area is 161 Å². The first-order valence-electron chi connectivity index (χ1n) is 10.2. The number of morpholine rings is 1. The molecule has 0 N–H and O–H groups in total. The van der Waals surface area contributed by atoms with Crippen LogP contribution in [0.25, 0.3) is 0 Å². The van der Waals surface area contributed by atoms with E-state index in [0.717, 1.165) is 76.6 Å². The van der Waals surface area contributed by atoms with Crippen molar-refractivity contribution in [2.45, 2.75) is 25.7 Å². The second kappa shape index (κ2) is 8.40. The average molecular weight is 371 g/mol. The molecule has 0 spiro atoms. The number of hydrogen-bond acceptors (Lipinski definition) is 4. The molecule has 3 aliphatic heterocycles. The first kappa shape index (κ1) is 18.4. The Morgan fingerprint density at radius 2 is 1.85 bits per heavy atom. The lowest BCUT2D eigenvalue weighted by Gasteiger charge is -2.29. The highest BCUT2D eigenvalue weighted by Crippen LogP contribution is 2.23. The minimum absolute atomic E-state index is 0.196. The standard InChI is InChI=1S/C21H29N3O3/c25-20-2-1-8-24(20)19-5-3-17(4-6-19)14-21(26)23-9-7-18(16-23)15-22-10-12-27-13-11-22/h3-6,18H,1-2,7-16H2/t18-/m0/s1. The molecule has 1 aromatic carbocycles. The predicted octanol–water partition coefficient (Wildman–Crippen LogP) is 1.54. The molecular formula is C21H29N3O3. The Balaban J connectivity index is 1.27. The first-order chi connectivity index (χ1) is 13.2. The van der Waals surface area contributed by atoms with Crippen molar-refractivity contribution in [2.75, 3.05) is 57.4 Å². The van der Waals surface area contributed by atoms with Gasteiger partial charge in [0, 0.05) is 51.4 Å². The van der Waals surface area contributed by atoms with E-state index >= 15 is 0 Å². The molecule has 6 nitrogen and oxygen atoms in total. The van der Waals surface area contributed by atoms with E-state index in [9.17, 15) is 9.59 Å². The number of carbonyl (C=O) groups excluding carboxylic acids is 2. The zero-order valence-electron chi connectivity index (χ0n) is 15.9. The van der Waals surface area contributed by atoms with Crippen LogP contribution >= 0.6 is 0 Å². The zero-order chi connectivity index (χ0) is 18.6. The number of amides is 2. The van der Waals surface area contributed by atoms with E-state index in [0.29, 0.717) is 18.8 Å². The van der Waals surface area contributed by atoms with Gasteiger partial charge in [-0.15, -0.1) is 0 Å². The molecule has 146 valence electrons. The van der Waals surface area contributed by atoms with Gasteiger partial charge in [-0.1, -0.05) is 12.1 Å². The Kier molecular flexibility index (Phi) is 5.74. The second-order valence-electron chi connectivity index (χ2n) is 7.90. The van der Waals surface area contributed by atoms with Crippen LogP contribution in [0.3, 0.4) is 0 Å². The Hall–Kier alpha value is -1.92. The normalized spacial score (nSPS) is 24.0. The molecular weight excluding hydrogens is 342 g/mol. The molecule has 0 saturated carbocycles. The lowest BCUT2D eigenvalue weighted by Crippen LogP contribution is -2.40. The topological polar surface area (TPSA) is 53.1 Å². The minimum Gasteiger partial charge on any atom is -0.379 e. The summed E-state index contributed by atoms with van der Waals surface area (Å²) in [6.45, 7) is 7.29. The molecule has 6 heteroatoms. The van der Waals surface area contributed by atoms with Crippen molar-refractivity contribution in [2.24, 2.45) is 5.92 Å². The van der Waals surface area contributed by atoms with Crippen LogP contribution in [0.2, 0.25) is 0 Å². The third-order valence-electron chi connectivity index (χ3n) is 5.94. The molecule has 3 heterocycles. The van der Waals surface area contributed by atoms with Crippen LogP contribution < -0.4 is 4.90 Å². The fourth-order valence-electron chi connectivity index (χ4n) is 4.36. The summed E-state index contributed by atoms with van der Waals surface area (Å²) in [6, 6.07) is 7.91. The molecule has 0 bridgehead atoms. The molecule has 0 aliphatic carbocycles. The molecule has 1 aromatic rings. The summed E-state index contributed by atoms with van der Waals surface area (Å²) in [5.41, 5.74) is 1.97. The summed E-state index contributed by atoms with van der Waals surface area (Å²) >= 11 is 0. The van der Waals surface area contributed by atoms with Gasteiger partial charge in [0.05, 0.1) is 19.6 Å². The molecule has 27 heavy (non-hydrogen) atoms. The zero-order valence-corrected chi connectivity index (χ0v) is 15.9. The van der Waals surface area contributed by atoms with E-state index in [1.54, 1.807) is 0 Å². The second-order valence-corrected chi connectivity index (χ2v) is 7.90. The van der Waals surface area contributed by atoms with Gasteiger partial charge in [0.1, 0.15) is 0 Å². The van der Waals surface area contributed by atoms with Crippen molar-refractivity contribution in [3.05, 3.63) is 29.8 Å². The lowest BCUT2D eigenvalue weighted by atomic mass is 10.1. The first-order valence-corrected chi connectivity index (χ1v) is 10.2. The number of anilines is 1. The maximum atomic E-state index is 12.7. The maximum Gasteiger partial charge on any atom is 0.227 e. The van der Waals surface area contributed by atoms with Crippen molar-refractivity contribution in [1.29, 1.82) is 0 Å². The van der Waals surface area contributed by atoms with Gasteiger partial charge in [-0.25, -0.2) is 0 Å². The van der Waals surface area contributed by atoms with Gasteiger partial charge in [0.25, 0.3) is 0 Å². The Morgan fingerprint density at radius 1 is 1.07 bits per heavy atom. The number of nitrogens with zero attached hydrogens (tertiary/aromatic N) is 3. The van der Waals surface area contributed by atoms with Gasteiger partial charge in [-0.3, -0.25) is 14.5 Å². The van der Waals surface area contributed by atoms with E-state index in [1.807, 2.05) is 34.1 Å². The van der Waals surface area contributed by atoms with E-state index in [-0.39, 0.29) is 11.8 Å². The summed E-state index contributed by atoms with van der Waals surface area (Å²) in [6.07, 6.45) is 3.11. The van der Waals surface area contributed by atoms with Gasteiger partial charge in [0.15, 0.2) is 0 Å². The van der Waals surface area contributed by atoms with Crippen LogP contribution in [0.4, 0.5) is 5.69 Å².